The van der Waals surface area contributed by atoms with E-state index in [1.165, 1.54) is 18.2 Å². The number of phenols is 1. The Kier molecular flexibility index (Phi) is 7.40. The maximum absolute atomic E-state index is 12.4. The van der Waals surface area contributed by atoms with Gasteiger partial charge in [-0.15, -0.1) is 0 Å². The summed E-state index contributed by atoms with van der Waals surface area (Å²) in [6, 6.07) is 18.3. The number of phenolic OH excluding ortho intramolecular Hbond substituents is 1. The van der Waals surface area contributed by atoms with Crippen molar-refractivity contribution in [2.75, 3.05) is 5.32 Å². The van der Waals surface area contributed by atoms with Crippen molar-refractivity contribution in [3.05, 3.63) is 93.6 Å². The molecule has 0 aliphatic heterocycles. The molecule has 2 heterocycles. The monoisotopic (exact) mass is 583 g/mol. The van der Waals surface area contributed by atoms with Crippen LogP contribution in [-0.4, -0.2) is 21.1 Å². The van der Waals surface area contributed by atoms with Crippen LogP contribution in [0.2, 0.25) is 15.1 Å². The molecule has 5 aromatic rings. The van der Waals surface area contributed by atoms with E-state index in [0.29, 0.717) is 54.5 Å². The lowest BCUT2D eigenvalue weighted by molar-refractivity contribution is -0.115. The maximum atomic E-state index is 12.4. The number of fused-ring (bicyclic) bond motifs is 1. The van der Waals surface area contributed by atoms with Crippen LogP contribution in [0.15, 0.2) is 81.6 Å². The van der Waals surface area contributed by atoms with Gasteiger partial charge in [-0.05, 0) is 85.0 Å². The predicted octanol–water partition coefficient (Wildman–Crippen LogP) is 7.95. The average molecular weight is 585 g/mol. The van der Waals surface area contributed by atoms with Crippen molar-refractivity contribution in [2.45, 2.75) is 0 Å². The van der Waals surface area contributed by atoms with Crippen LogP contribution in [0.4, 0.5) is 5.69 Å². The van der Waals surface area contributed by atoms with Crippen molar-refractivity contribution in [1.29, 1.82) is 0 Å². The second kappa shape index (κ2) is 10.9. The largest absolute Gasteiger partial charge is 0.507 e. The zero-order chi connectivity index (χ0) is 26.8. The molecule has 2 aromatic heterocycles. The molecule has 0 fully saturated rings. The molecule has 0 radical (unpaired) electrons. The van der Waals surface area contributed by atoms with Crippen LogP contribution in [0, 0.1) is 0 Å². The van der Waals surface area contributed by atoms with Gasteiger partial charge >= 0.3 is 0 Å². The molecule has 0 aliphatic rings. The van der Waals surface area contributed by atoms with Crippen LogP contribution in [0.3, 0.4) is 0 Å². The van der Waals surface area contributed by atoms with Crippen molar-refractivity contribution in [3.8, 4) is 28.5 Å². The molecule has 190 valence electrons. The molecule has 0 unspecified atom stereocenters. The van der Waals surface area contributed by atoms with Gasteiger partial charge in [0.2, 0.25) is 11.8 Å². The molecule has 3 N–H and O–H groups in total. The topological polar surface area (TPSA) is 101 Å². The zero-order valence-electron chi connectivity index (χ0n) is 19.2. The highest BCUT2D eigenvalue weighted by molar-refractivity contribution is 7.80. The lowest BCUT2D eigenvalue weighted by atomic mass is 10.1. The Labute approximate surface area is 236 Å². The molecule has 0 saturated heterocycles. The first-order chi connectivity index (χ1) is 18.2. The number of hydrogen-bond acceptors (Lipinski definition) is 6. The minimum absolute atomic E-state index is 0.0380. The smallest absolute Gasteiger partial charge is 0.250 e. The van der Waals surface area contributed by atoms with Crippen LogP contribution >= 0.6 is 47.0 Å². The van der Waals surface area contributed by atoms with Crippen LogP contribution in [-0.2, 0) is 4.79 Å². The highest BCUT2D eigenvalue weighted by atomic mass is 35.5. The Morgan fingerprint density at radius 1 is 0.921 bits per heavy atom. The summed E-state index contributed by atoms with van der Waals surface area (Å²) < 4.78 is 11.5. The maximum Gasteiger partial charge on any atom is 0.250 e. The normalized spacial score (nSPS) is 11.2. The number of nitrogens with one attached hydrogen (secondary N) is 2. The number of amides is 1. The van der Waals surface area contributed by atoms with Crippen molar-refractivity contribution in [2.24, 2.45) is 0 Å². The summed E-state index contributed by atoms with van der Waals surface area (Å²) in [5.74, 6) is 0.703. The van der Waals surface area contributed by atoms with Gasteiger partial charge in [0.25, 0.3) is 0 Å². The number of benzene rings is 3. The third-order valence-corrected chi connectivity index (χ3v) is 6.12. The van der Waals surface area contributed by atoms with E-state index in [2.05, 4.69) is 15.6 Å². The van der Waals surface area contributed by atoms with E-state index in [-0.39, 0.29) is 16.8 Å². The van der Waals surface area contributed by atoms with Crippen molar-refractivity contribution in [3.63, 3.8) is 0 Å². The van der Waals surface area contributed by atoms with E-state index in [9.17, 15) is 9.90 Å². The van der Waals surface area contributed by atoms with Gasteiger partial charge in [-0.2, -0.15) is 0 Å². The minimum atomic E-state index is -0.471. The zero-order valence-corrected chi connectivity index (χ0v) is 22.3. The van der Waals surface area contributed by atoms with E-state index in [1.807, 2.05) is 0 Å². The summed E-state index contributed by atoms with van der Waals surface area (Å²) in [7, 11) is 0. The van der Waals surface area contributed by atoms with E-state index < -0.39 is 5.91 Å². The number of rotatable bonds is 5. The van der Waals surface area contributed by atoms with Crippen molar-refractivity contribution >= 4 is 80.9 Å². The first kappa shape index (κ1) is 25.8. The molecule has 7 nitrogen and oxygen atoms in total. The Bertz CT molecular complexity index is 1710. The van der Waals surface area contributed by atoms with Crippen LogP contribution < -0.4 is 10.6 Å². The number of oxazole rings is 1. The third kappa shape index (κ3) is 6.00. The number of aromatic nitrogens is 1. The minimum Gasteiger partial charge on any atom is -0.507 e. The number of anilines is 1. The summed E-state index contributed by atoms with van der Waals surface area (Å²) in [4.78, 5) is 16.8. The van der Waals surface area contributed by atoms with Gasteiger partial charge in [0.05, 0.1) is 5.56 Å². The Hall–Kier alpha value is -3.82. The quantitative estimate of drug-likeness (QED) is 0.109. The molecule has 3 aromatic carbocycles. The molecule has 5 rings (SSSR count). The van der Waals surface area contributed by atoms with Gasteiger partial charge in [-0.1, -0.05) is 34.8 Å². The molecule has 11 heteroatoms. The van der Waals surface area contributed by atoms with E-state index in [1.54, 1.807) is 60.7 Å². The standard InChI is InChI=1S/C27H16Cl3N3O4S/c28-15-1-6-24-21(12-15)32-26(37-24)20-13-18(2-5-22(20)34)31-27(38)33-25(35)8-4-19-3-7-23(36-19)14-9-16(29)11-17(30)10-14/h1-13,34H,(H2,31,33,35,38)/b8-4+. The highest BCUT2D eigenvalue weighted by Gasteiger charge is 2.14. The van der Waals surface area contributed by atoms with Gasteiger partial charge in [0.15, 0.2) is 10.7 Å². The summed E-state index contributed by atoms with van der Waals surface area (Å²) in [5, 5.41) is 17.3. The van der Waals surface area contributed by atoms with E-state index in [4.69, 9.17) is 55.9 Å². The molecule has 0 saturated carbocycles. The molecule has 0 bridgehead atoms. The fraction of sp³-hybridized carbons (Fsp3) is 0. The number of nitrogens with zero attached hydrogens (tertiary/aromatic N) is 1. The van der Waals surface area contributed by atoms with Gasteiger partial charge in [0.1, 0.15) is 22.8 Å². The summed E-state index contributed by atoms with van der Waals surface area (Å²) in [5.41, 5.74) is 2.64. The third-order valence-electron chi connectivity index (χ3n) is 5.24. The summed E-state index contributed by atoms with van der Waals surface area (Å²) >= 11 is 23.4. The number of carbonyl (C=O) groups excluding carboxylic acids is 1. The van der Waals surface area contributed by atoms with Crippen LogP contribution in [0.25, 0.3) is 40.0 Å². The van der Waals surface area contributed by atoms with E-state index in [0.717, 1.165) is 0 Å². The molecular formula is C27H16Cl3N3O4S. The molecule has 0 atom stereocenters. The second-order valence-corrected chi connectivity index (χ2v) is 9.72. The van der Waals surface area contributed by atoms with Gasteiger partial charge < -0.3 is 19.3 Å². The van der Waals surface area contributed by atoms with Crippen LogP contribution in [0.5, 0.6) is 5.75 Å². The first-order valence-corrected chi connectivity index (χ1v) is 12.5. The predicted molar refractivity (Wildman–Crippen MR) is 154 cm³/mol. The number of furan rings is 1. The highest BCUT2D eigenvalue weighted by Crippen LogP contribution is 2.34. The lowest BCUT2D eigenvalue weighted by Gasteiger charge is -2.09. The second-order valence-electron chi connectivity index (χ2n) is 8.00. The fourth-order valence-corrected chi connectivity index (χ4v) is 4.48. The lowest BCUT2D eigenvalue weighted by Crippen LogP contribution is -2.32. The van der Waals surface area contributed by atoms with Crippen molar-refractivity contribution < 1.29 is 18.7 Å². The molecule has 0 spiro atoms. The molecule has 38 heavy (non-hydrogen) atoms. The number of carbonyl (C=O) groups is 1. The fourth-order valence-electron chi connectivity index (χ4n) is 3.57. The molecule has 0 aliphatic carbocycles. The Morgan fingerprint density at radius 2 is 1.71 bits per heavy atom. The SMILES string of the molecule is O=C(/C=C/c1ccc(-c2cc(Cl)cc(Cl)c2)o1)NC(=S)Nc1ccc(O)c(-c2nc3cc(Cl)ccc3o2)c1. The van der Waals surface area contributed by atoms with Gasteiger partial charge in [-0.25, -0.2) is 4.98 Å². The average Bonchev–Trinajstić information content (AvgIpc) is 3.50. The number of halogens is 3. The number of thiocarbonyl (C=S) groups is 1. The number of aromatic hydroxyl groups is 1. The Balaban J connectivity index is 1.23. The van der Waals surface area contributed by atoms with Crippen LogP contribution in [0.1, 0.15) is 5.76 Å². The van der Waals surface area contributed by atoms with E-state index >= 15 is 0 Å². The Morgan fingerprint density at radius 3 is 2.50 bits per heavy atom. The van der Waals surface area contributed by atoms with Gasteiger partial charge in [-0.3, -0.25) is 10.1 Å². The summed E-state index contributed by atoms with van der Waals surface area (Å²) in [6.45, 7) is 0. The van der Waals surface area contributed by atoms with Gasteiger partial charge in [0, 0.05) is 32.4 Å². The first-order valence-electron chi connectivity index (χ1n) is 11.0. The van der Waals surface area contributed by atoms with Crippen molar-refractivity contribution in [1.82, 2.24) is 10.3 Å². The summed E-state index contributed by atoms with van der Waals surface area (Å²) in [6.07, 6.45) is 2.79. The molecular weight excluding hydrogens is 569 g/mol. The molecule has 1 amide bonds. The number of hydrogen-bond donors (Lipinski definition) is 3.